The summed E-state index contributed by atoms with van der Waals surface area (Å²) in [5.74, 6) is -1.40. The summed E-state index contributed by atoms with van der Waals surface area (Å²) in [5.41, 5.74) is 3.05. The molecule has 1 fully saturated rings. The normalized spacial score (nSPS) is 17.6. The third kappa shape index (κ3) is 3.32. The fraction of sp³-hybridized carbons (Fsp3) is 0.120. The SMILES string of the molecule is COc1ccccc1/C(O)=C1\C(=O)C(=O)N(c2nc3ccc(C)cc3[nH]2)C1c1ccccn1. The molecule has 2 N–H and O–H groups in total. The van der Waals surface area contributed by atoms with E-state index in [9.17, 15) is 14.7 Å². The first kappa shape index (κ1) is 20.4. The number of aromatic amines is 1. The molecule has 33 heavy (non-hydrogen) atoms. The summed E-state index contributed by atoms with van der Waals surface area (Å²) >= 11 is 0. The van der Waals surface area contributed by atoms with Gasteiger partial charge < -0.3 is 14.8 Å². The van der Waals surface area contributed by atoms with Gasteiger partial charge in [0.05, 0.1) is 35.0 Å². The van der Waals surface area contributed by atoms with E-state index < -0.39 is 17.7 Å². The number of ether oxygens (including phenoxy) is 1. The van der Waals surface area contributed by atoms with E-state index >= 15 is 0 Å². The van der Waals surface area contributed by atoms with E-state index in [1.54, 1.807) is 48.7 Å². The number of ketones is 1. The topological polar surface area (TPSA) is 108 Å². The lowest BCUT2D eigenvalue weighted by atomic mass is 9.98. The highest BCUT2D eigenvalue weighted by Gasteiger charge is 2.49. The molecule has 8 heteroatoms. The highest BCUT2D eigenvalue weighted by Crippen LogP contribution is 2.42. The summed E-state index contributed by atoms with van der Waals surface area (Å²) in [4.78, 5) is 39.8. The summed E-state index contributed by atoms with van der Waals surface area (Å²) in [5, 5.41) is 11.2. The van der Waals surface area contributed by atoms with Crippen molar-refractivity contribution in [3.8, 4) is 5.75 Å². The van der Waals surface area contributed by atoms with Crippen molar-refractivity contribution >= 4 is 34.4 Å². The number of benzene rings is 2. The second-order valence-corrected chi connectivity index (χ2v) is 7.70. The van der Waals surface area contributed by atoms with Crippen LogP contribution in [0.2, 0.25) is 0 Å². The number of H-pyrrole nitrogens is 1. The van der Waals surface area contributed by atoms with Gasteiger partial charge in [-0.15, -0.1) is 0 Å². The van der Waals surface area contributed by atoms with Gasteiger partial charge in [-0.25, -0.2) is 4.98 Å². The third-order valence-electron chi connectivity index (χ3n) is 5.63. The monoisotopic (exact) mass is 440 g/mol. The number of rotatable bonds is 4. The van der Waals surface area contributed by atoms with Gasteiger partial charge in [-0.1, -0.05) is 24.3 Å². The number of carbonyl (C=O) groups is 2. The first-order chi connectivity index (χ1) is 16.0. The summed E-state index contributed by atoms with van der Waals surface area (Å²) in [6.45, 7) is 1.95. The number of aliphatic hydroxyl groups is 1. The summed E-state index contributed by atoms with van der Waals surface area (Å²) in [7, 11) is 1.47. The Labute approximate surface area is 189 Å². The van der Waals surface area contributed by atoms with Crippen LogP contribution >= 0.6 is 0 Å². The van der Waals surface area contributed by atoms with Crippen LogP contribution in [-0.2, 0) is 9.59 Å². The number of para-hydroxylation sites is 1. The number of hydrogen-bond donors (Lipinski definition) is 2. The molecule has 164 valence electrons. The van der Waals surface area contributed by atoms with Crippen LogP contribution in [-0.4, -0.2) is 38.9 Å². The number of aryl methyl sites for hydroxylation is 1. The van der Waals surface area contributed by atoms with E-state index in [-0.39, 0.29) is 17.3 Å². The maximum absolute atomic E-state index is 13.2. The molecule has 0 bridgehead atoms. The molecule has 1 aliphatic heterocycles. The van der Waals surface area contributed by atoms with Crippen LogP contribution < -0.4 is 9.64 Å². The van der Waals surface area contributed by atoms with Crippen LogP contribution in [0.1, 0.15) is 22.9 Å². The van der Waals surface area contributed by atoms with E-state index in [4.69, 9.17) is 4.74 Å². The number of hydrogen-bond acceptors (Lipinski definition) is 6. The Balaban J connectivity index is 1.74. The van der Waals surface area contributed by atoms with E-state index in [1.807, 2.05) is 25.1 Å². The number of nitrogens with one attached hydrogen (secondary N) is 1. The Hall–Kier alpha value is -4.46. The van der Waals surface area contributed by atoms with Gasteiger partial charge in [0.2, 0.25) is 5.95 Å². The first-order valence-electron chi connectivity index (χ1n) is 10.3. The molecule has 1 saturated heterocycles. The molecule has 0 saturated carbocycles. The zero-order valence-corrected chi connectivity index (χ0v) is 17.9. The number of methoxy groups -OCH3 is 1. The second-order valence-electron chi connectivity index (χ2n) is 7.70. The molecule has 2 aromatic heterocycles. The van der Waals surface area contributed by atoms with Gasteiger partial charge in [-0.3, -0.25) is 19.5 Å². The van der Waals surface area contributed by atoms with Crippen LogP contribution in [0.15, 0.2) is 72.4 Å². The van der Waals surface area contributed by atoms with Gasteiger partial charge in [0.1, 0.15) is 17.6 Å². The van der Waals surface area contributed by atoms with Crippen LogP contribution in [0.3, 0.4) is 0 Å². The number of nitrogens with zero attached hydrogens (tertiary/aromatic N) is 3. The van der Waals surface area contributed by atoms with E-state index in [0.29, 0.717) is 22.5 Å². The molecule has 0 spiro atoms. The second kappa shape index (κ2) is 7.90. The average molecular weight is 440 g/mol. The van der Waals surface area contributed by atoms with Gasteiger partial charge in [0, 0.05) is 6.20 Å². The van der Waals surface area contributed by atoms with Gasteiger partial charge >= 0.3 is 5.91 Å². The Kier molecular flexibility index (Phi) is 4.90. The highest BCUT2D eigenvalue weighted by molar-refractivity contribution is 6.51. The molecule has 1 amide bonds. The summed E-state index contributed by atoms with van der Waals surface area (Å²) in [6, 6.07) is 16.6. The highest BCUT2D eigenvalue weighted by atomic mass is 16.5. The number of Topliss-reactive ketones (excluding diaryl/α,β-unsaturated/α-hetero) is 1. The maximum Gasteiger partial charge on any atom is 0.302 e. The molecule has 3 heterocycles. The number of aliphatic hydroxyl groups excluding tert-OH is 1. The van der Waals surface area contributed by atoms with Gasteiger partial charge in [-0.05, 0) is 48.9 Å². The van der Waals surface area contributed by atoms with Crippen molar-refractivity contribution < 1.29 is 19.4 Å². The maximum atomic E-state index is 13.2. The van der Waals surface area contributed by atoms with Crippen molar-refractivity contribution in [2.45, 2.75) is 13.0 Å². The number of aromatic nitrogens is 3. The largest absolute Gasteiger partial charge is 0.507 e. The Morgan fingerprint density at radius 1 is 1.09 bits per heavy atom. The van der Waals surface area contributed by atoms with Crippen molar-refractivity contribution in [3.05, 3.63) is 89.3 Å². The van der Waals surface area contributed by atoms with E-state index in [1.165, 1.54) is 12.0 Å². The third-order valence-corrected chi connectivity index (χ3v) is 5.63. The lowest BCUT2D eigenvalue weighted by molar-refractivity contribution is -0.132. The van der Waals surface area contributed by atoms with E-state index in [0.717, 1.165) is 11.1 Å². The molecule has 5 rings (SSSR count). The van der Waals surface area contributed by atoms with Crippen LogP contribution in [0.4, 0.5) is 5.95 Å². The zero-order chi connectivity index (χ0) is 23.1. The minimum absolute atomic E-state index is 0.0835. The van der Waals surface area contributed by atoms with Gasteiger partial charge in [-0.2, -0.15) is 0 Å². The van der Waals surface area contributed by atoms with Crippen molar-refractivity contribution in [3.63, 3.8) is 0 Å². The molecule has 0 aliphatic carbocycles. The summed E-state index contributed by atoms with van der Waals surface area (Å²) in [6.07, 6.45) is 1.57. The van der Waals surface area contributed by atoms with Crippen LogP contribution in [0.25, 0.3) is 16.8 Å². The molecule has 4 aromatic rings. The number of imidazole rings is 1. The quantitative estimate of drug-likeness (QED) is 0.283. The Bertz CT molecular complexity index is 1420. The lowest BCUT2D eigenvalue weighted by Gasteiger charge is -2.22. The van der Waals surface area contributed by atoms with Crippen molar-refractivity contribution in [1.29, 1.82) is 0 Å². The predicted octanol–water partition coefficient (Wildman–Crippen LogP) is 3.90. The number of fused-ring (bicyclic) bond motifs is 1. The average Bonchev–Trinajstić information content (AvgIpc) is 3.37. The zero-order valence-electron chi connectivity index (χ0n) is 17.9. The number of amides is 1. The smallest absolute Gasteiger partial charge is 0.302 e. The molecule has 1 atom stereocenters. The predicted molar refractivity (Wildman–Crippen MR) is 123 cm³/mol. The molecular formula is C25H20N4O4. The molecule has 8 nitrogen and oxygen atoms in total. The molecule has 1 aliphatic rings. The lowest BCUT2D eigenvalue weighted by Crippen LogP contribution is -2.30. The van der Waals surface area contributed by atoms with E-state index in [2.05, 4.69) is 15.0 Å². The minimum Gasteiger partial charge on any atom is -0.507 e. The summed E-state index contributed by atoms with van der Waals surface area (Å²) < 4.78 is 5.35. The Morgan fingerprint density at radius 2 is 1.88 bits per heavy atom. The number of pyridine rings is 1. The van der Waals surface area contributed by atoms with Crippen molar-refractivity contribution in [2.24, 2.45) is 0 Å². The molecule has 1 unspecified atom stereocenters. The fourth-order valence-electron chi connectivity index (χ4n) is 4.08. The molecular weight excluding hydrogens is 420 g/mol. The van der Waals surface area contributed by atoms with Crippen molar-refractivity contribution in [1.82, 2.24) is 15.0 Å². The number of anilines is 1. The molecule has 2 aromatic carbocycles. The standard InChI is InChI=1S/C25H20N4O4/c1-14-10-11-16-18(13-14)28-25(27-16)29-21(17-8-5-6-12-26-17)20(23(31)24(29)32)22(30)15-7-3-4-9-19(15)33-2/h3-13,21,30H,1-2H3,(H,27,28)/b22-20+. The first-order valence-corrected chi connectivity index (χ1v) is 10.3. The molecule has 0 radical (unpaired) electrons. The minimum atomic E-state index is -0.974. The fourth-order valence-corrected chi connectivity index (χ4v) is 4.08. The van der Waals surface area contributed by atoms with Gasteiger partial charge in [0.15, 0.2) is 0 Å². The van der Waals surface area contributed by atoms with Crippen molar-refractivity contribution in [2.75, 3.05) is 12.0 Å². The van der Waals surface area contributed by atoms with Crippen LogP contribution in [0, 0.1) is 6.92 Å². The number of carbonyl (C=O) groups excluding carboxylic acids is 2. The van der Waals surface area contributed by atoms with Gasteiger partial charge in [0.25, 0.3) is 5.78 Å². The van der Waals surface area contributed by atoms with Crippen LogP contribution in [0.5, 0.6) is 5.75 Å². The Morgan fingerprint density at radius 3 is 2.64 bits per heavy atom.